The van der Waals surface area contributed by atoms with E-state index in [1.54, 1.807) is 5.92 Å². The molecule has 0 unspecified atom stereocenters. The van der Waals surface area contributed by atoms with E-state index in [4.69, 9.17) is 33.4 Å². The number of aliphatic hydroxyl groups excluding tert-OH is 1. The van der Waals surface area contributed by atoms with Crippen LogP contribution in [0.2, 0.25) is 0 Å². The van der Waals surface area contributed by atoms with Crippen molar-refractivity contribution in [2.45, 2.75) is 5.97 Å². The molecule has 0 aliphatic rings. The molecule has 6 nitrogen and oxygen atoms in total. The first-order chi connectivity index (χ1) is 6.39. The molecule has 0 fully saturated rings. The second-order valence-electron chi connectivity index (χ2n) is 1.72. The van der Waals surface area contributed by atoms with Crippen LogP contribution in [0.4, 0.5) is 9.59 Å². The zero-order chi connectivity index (χ0) is 11.2. The molecule has 0 aromatic heterocycles. The fourth-order valence-electron chi connectivity index (χ4n) is 0.441. The van der Waals surface area contributed by atoms with Gasteiger partial charge in [-0.15, -0.1) is 0 Å². The second kappa shape index (κ2) is 5.67. The van der Waals surface area contributed by atoms with Gasteiger partial charge in [-0.25, -0.2) is 9.59 Å². The molecule has 0 saturated heterocycles. The first-order valence-electron chi connectivity index (χ1n) is 3.00. The highest BCUT2D eigenvalue weighted by molar-refractivity contribution is 6.61. The summed E-state index contributed by atoms with van der Waals surface area (Å²) in [6.45, 7) is -0.651. The Balaban J connectivity index is 4.65. The van der Waals surface area contributed by atoms with Crippen LogP contribution in [-0.2, 0) is 9.47 Å². The summed E-state index contributed by atoms with van der Waals surface area (Å²) in [5.74, 6) is 0.704. The summed E-state index contributed by atoms with van der Waals surface area (Å²) in [7, 11) is 0. The van der Waals surface area contributed by atoms with Crippen molar-refractivity contribution in [3.63, 3.8) is 0 Å². The fourth-order valence-corrected chi connectivity index (χ4v) is 0.650. The Morgan fingerprint density at radius 3 is 2.00 bits per heavy atom. The Morgan fingerprint density at radius 1 is 1.29 bits per heavy atom. The van der Waals surface area contributed by atoms with Gasteiger partial charge in [-0.05, 0) is 0 Å². The van der Waals surface area contributed by atoms with E-state index in [2.05, 4.69) is 9.47 Å². The first-order valence-corrected chi connectivity index (χ1v) is 3.75. The maximum absolute atomic E-state index is 10.2. The summed E-state index contributed by atoms with van der Waals surface area (Å²) in [4.78, 5) is 20.4. The van der Waals surface area contributed by atoms with Crippen LogP contribution in [0, 0.1) is 11.8 Å². The van der Waals surface area contributed by atoms with Gasteiger partial charge < -0.3 is 19.7 Å². The molecule has 8 heteroatoms. The third-order valence-electron chi connectivity index (χ3n) is 0.763. The molecule has 14 heavy (non-hydrogen) atoms. The van der Waals surface area contributed by atoms with Crippen molar-refractivity contribution in [2.24, 2.45) is 0 Å². The van der Waals surface area contributed by atoms with E-state index in [0.717, 1.165) is 0 Å². The van der Waals surface area contributed by atoms with Gasteiger partial charge in [0.1, 0.15) is 6.61 Å². The van der Waals surface area contributed by atoms with Crippen molar-refractivity contribution in [2.75, 3.05) is 6.61 Å². The zero-order valence-corrected chi connectivity index (χ0v) is 8.00. The van der Waals surface area contributed by atoms with Crippen LogP contribution in [-0.4, -0.2) is 33.7 Å². The van der Waals surface area contributed by atoms with E-state index in [9.17, 15) is 9.59 Å². The van der Waals surface area contributed by atoms with Gasteiger partial charge in [0.05, 0.1) is 0 Å². The molecule has 0 aromatic rings. The Kier molecular flexibility index (Phi) is 5.27. The molecule has 78 valence electrons. The van der Waals surface area contributed by atoms with Crippen molar-refractivity contribution in [1.29, 1.82) is 0 Å². The van der Waals surface area contributed by atoms with Crippen LogP contribution in [0.15, 0.2) is 0 Å². The van der Waals surface area contributed by atoms with Crippen molar-refractivity contribution >= 4 is 34.1 Å². The molecule has 0 aromatic carbocycles. The number of carbonyl (C=O) groups excluding carboxylic acids is 2. The molecule has 0 spiro atoms. The number of rotatable bonds is 2. The minimum atomic E-state index is -2.89. The predicted octanol–water partition coefficient (Wildman–Crippen LogP) is 0.379. The van der Waals surface area contributed by atoms with Gasteiger partial charge in [-0.3, -0.25) is 0 Å². The van der Waals surface area contributed by atoms with E-state index >= 15 is 0 Å². The van der Waals surface area contributed by atoms with Crippen LogP contribution in [0.5, 0.6) is 0 Å². The van der Waals surface area contributed by atoms with Gasteiger partial charge in [-0.2, -0.15) is 0 Å². The highest BCUT2D eigenvalue weighted by Gasteiger charge is 2.34. The molecule has 0 atom stereocenters. The topological polar surface area (TPSA) is 93.1 Å². The smallest absolute Gasteiger partial charge is 0.384 e. The summed E-state index contributed by atoms with van der Waals surface area (Å²) in [6.07, 6.45) is 0. The van der Waals surface area contributed by atoms with Gasteiger partial charge in [0.15, 0.2) is 0 Å². The number of hydrogen-bond acceptors (Lipinski definition) is 6. The highest BCUT2D eigenvalue weighted by atomic mass is 35.5. The minimum Gasteiger partial charge on any atom is -0.384 e. The summed E-state index contributed by atoms with van der Waals surface area (Å²) in [5, 5.41) is 17.4. The first kappa shape index (κ1) is 13.0. The lowest BCUT2D eigenvalue weighted by molar-refractivity contribution is -0.251. The van der Waals surface area contributed by atoms with Crippen molar-refractivity contribution in [3.8, 4) is 11.8 Å². The summed E-state index contributed by atoms with van der Waals surface area (Å²) < 4.78 is 7.84. The van der Waals surface area contributed by atoms with E-state index in [-0.39, 0.29) is 0 Å². The summed E-state index contributed by atoms with van der Waals surface area (Å²) in [5.41, 5.74) is -2.92. The third kappa shape index (κ3) is 5.61. The molecule has 0 saturated carbocycles. The van der Waals surface area contributed by atoms with Gasteiger partial charge in [0, 0.05) is 29.1 Å². The largest absolute Gasteiger partial charge is 0.447 e. The number of aliphatic hydroxyl groups is 2. The highest BCUT2D eigenvalue weighted by Crippen LogP contribution is 2.12. The lowest BCUT2D eigenvalue weighted by Crippen LogP contribution is -2.36. The molecule has 0 bridgehead atoms. The van der Waals surface area contributed by atoms with E-state index < -0.39 is 23.4 Å². The molecule has 0 amide bonds. The quantitative estimate of drug-likeness (QED) is 0.413. The SMILES string of the molecule is O=C(Cl)OC(O)(C#CCO)OC(=O)Cl. The second-order valence-corrected chi connectivity index (χ2v) is 2.34. The van der Waals surface area contributed by atoms with Gasteiger partial charge in [0.25, 0.3) is 0 Å². The Morgan fingerprint density at radius 2 is 1.71 bits per heavy atom. The lowest BCUT2D eigenvalue weighted by Gasteiger charge is -2.17. The average molecular weight is 243 g/mol. The molecule has 2 N–H and O–H groups in total. The van der Waals surface area contributed by atoms with E-state index in [1.165, 1.54) is 0 Å². The monoisotopic (exact) mass is 242 g/mol. The van der Waals surface area contributed by atoms with Crippen molar-refractivity contribution in [3.05, 3.63) is 0 Å². The molecule has 0 radical (unpaired) electrons. The van der Waals surface area contributed by atoms with Gasteiger partial charge >= 0.3 is 16.8 Å². The molecular weight excluding hydrogens is 239 g/mol. The summed E-state index contributed by atoms with van der Waals surface area (Å²) >= 11 is 9.48. The standard InChI is InChI=1S/C6H4Cl2O6/c7-4(10)13-6(12,2-1-3-9)14-5(8)11/h9,12H,3H2. The third-order valence-corrected chi connectivity index (χ3v) is 0.917. The van der Waals surface area contributed by atoms with Gasteiger partial charge in [0.2, 0.25) is 0 Å². The number of hydrogen-bond donors (Lipinski definition) is 2. The maximum atomic E-state index is 10.2. The molecule has 0 rings (SSSR count). The molecule has 0 aliphatic carbocycles. The number of carbonyl (C=O) groups is 2. The summed E-state index contributed by atoms with van der Waals surface area (Å²) in [6, 6.07) is 0. The fraction of sp³-hybridized carbons (Fsp3) is 0.333. The Labute approximate surface area is 88.3 Å². The number of ether oxygens (including phenoxy) is 2. The molecular formula is C6H4Cl2O6. The lowest BCUT2D eigenvalue weighted by atomic mass is 10.5. The Bertz CT molecular complexity index is 274. The average Bonchev–Trinajstić information content (AvgIpc) is 1.97. The van der Waals surface area contributed by atoms with Crippen LogP contribution >= 0.6 is 23.2 Å². The van der Waals surface area contributed by atoms with Gasteiger partial charge in [-0.1, -0.05) is 5.92 Å². The van der Waals surface area contributed by atoms with E-state index in [1.807, 2.05) is 5.92 Å². The minimum absolute atomic E-state index is 0.651. The van der Waals surface area contributed by atoms with Crippen LogP contribution in [0.25, 0.3) is 0 Å². The van der Waals surface area contributed by atoms with Crippen molar-refractivity contribution in [1.82, 2.24) is 0 Å². The zero-order valence-electron chi connectivity index (χ0n) is 6.49. The predicted molar refractivity (Wildman–Crippen MR) is 44.5 cm³/mol. The number of halogens is 2. The van der Waals surface area contributed by atoms with Crippen LogP contribution in [0.3, 0.4) is 0 Å². The van der Waals surface area contributed by atoms with Crippen molar-refractivity contribution < 1.29 is 29.3 Å². The van der Waals surface area contributed by atoms with Crippen LogP contribution in [0.1, 0.15) is 0 Å². The van der Waals surface area contributed by atoms with Crippen LogP contribution < -0.4 is 0 Å². The molecule has 0 heterocycles. The molecule has 0 aliphatic heterocycles. The normalized spacial score (nSPS) is 9.71. The van der Waals surface area contributed by atoms with E-state index in [0.29, 0.717) is 0 Å². The maximum Gasteiger partial charge on any atom is 0.447 e. The Hall–Kier alpha value is -1.000.